The molecule has 2 aromatic rings. The minimum absolute atomic E-state index is 0.0135. The number of piperazine rings is 1. The average Bonchev–Trinajstić information content (AvgIpc) is 2.64. The minimum Gasteiger partial charge on any atom is -0.492 e. The lowest BCUT2D eigenvalue weighted by molar-refractivity contribution is 0.313. The predicted octanol–water partition coefficient (Wildman–Crippen LogP) is 2.40. The molecule has 2 aromatic carbocycles. The van der Waals surface area contributed by atoms with Gasteiger partial charge in [-0.15, -0.1) is 0 Å². The molecule has 0 amide bonds. The predicted molar refractivity (Wildman–Crippen MR) is 105 cm³/mol. The number of nitrogens with zero attached hydrogens (tertiary/aromatic N) is 2. The van der Waals surface area contributed by atoms with Crippen molar-refractivity contribution in [1.82, 2.24) is 4.90 Å². The smallest absolute Gasteiger partial charge is 0.236 e. The summed E-state index contributed by atoms with van der Waals surface area (Å²) in [6.45, 7) is 3.94. The van der Waals surface area contributed by atoms with Gasteiger partial charge >= 0.3 is 0 Å². The second-order valence-corrected chi connectivity index (χ2v) is 8.40. The summed E-state index contributed by atoms with van der Waals surface area (Å²) in [7, 11) is -1.42. The van der Waals surface area contributed by atoms with Gasteiger partial charge in [-0.2, -0.15) is 0 Å². The molecule has 1 N–H and O–H groups in total. The van der Waals surface area contributed by atoms with Crippen molar-refractivity contribution in [2.45, 2.75) is 0 Å². The van der Waals surface area contributed by atoms with E-state index in [0.717, 1.165) is 31.9 Å². The van der Waals surface area contributed by atoms with Crippen molar-refractivity contribution in [2.75, 3.05) is 55.2 Å². The van der Waals surface area contributed by atoms with E-state index in [1.165, 1.54) is 24.3 Å². The molecule has 0 spiro atoms. The van der Waals surface area contributed by atoms with Crippen LogP contribution in [0.4, 0.5) is 15.8 Å². The molecule has 0 aliphatic carbocycles. The highest BCUT2D eigenvalue weighted by molar-refractivity contribution is 7.92. The Labute approximate surface area is 159 Å². The Hall–Kier alpha value is -2.32. The average molecular weight is 393 g/mol. The first-order chi connectivity index (χ1) is 12.9. The number of likely N-dealkylation sites (N-methyl/N-ethyl adjacent to an activating group) is 1. The maximum atomic E-state index is 12.8. The number of sulfonamides is 1. The van der Waals surface area contributed by atoms with Crippen LogP contribution in [0.15, 0.2) is 48.5 Å². The van der Waals surface area contributed by atoms with Crippen LogP contribution in [0.5, 0.6) is 5.75 Å². The topological polar surface area (TPSA) is 61.9 Å². The van der Waals surface area contributed by atoms with Crippen molar-refractivity contribution < 1.29 is 17.5 Å². The molecule has 1 heterocycles. The second-order valence-electron chi connectivity index (χ2n) is 6.56. The van der Waals surface area contributed by atoms with E-state index in [-0.39, 0.29) is 18.2 Å². The molecule has 1 saturated heterocycles. The van der Waals surface area contributed by atoms with Crippen LogP contribution in [-0.2, 0) is 10.0 Å². The number of benzene rings is 2. The fourth-order valence-electron chi connectivity index (χ4n) is 2.84. The Balaban J connectivity index is 1.50. The third-order valence-corrected chi connectivity index (χ3v) is 5.69. The van der Waals surface area contributed by atoms with Gasteiger partial charge in [-0.25, -0.2) is 12.8 Å². The van der Waals surface area contributed by atoms with Gasteiger partial charge in [0.2, 0.25) is 10.0 Å². The first-order valence-corrected chi connectivity index (χ1v) is 10.5. The molecule has 1 aliphatic rings. The second kappa shape index (κ2) is 8.58. The fourth-order valence-corrected chi connectivity index (χ4v) is 3.74. The molecule has 0 atom stereocenters. The monoisotopic (exact) mass is 393 g/mol. The summed E-state index contributed by atoms with van der Waals surface area (Å²) in [5.41, 5.74) is 1.61. The van der Waals surface area contributed by atoms with Crippen LogP contribution in [0.25, 0.3) is 0 Å². The lowest BCUT2D eigenvalue weighted by Gasteiger charge is -2.34. The zero-order chi connectivity index (χ0) is 19.3. The minimum atomic E-state index is -3.53. The molecule has 0 aromatic heterocycles. The van der Waals surface area contributed by atoms with Gasteiger partial charge in [-0.3, -0.25) is 4.72 Å². The summed E-state index contributed by atoms with van der Waals surface area (Å²) < 4.78 is 45.1. The third kappa shape index (κ3) is 5.83. The lowest BCUT2D eigenvalue weighted by atomic mass is 10.2. The molecular weight excluding hydrogens is 369 g/mol. The molecule has 6 nitrogen and oxygen atoms in total. The normalized spacial score (nSPS) is 15.6. The van der Waals surface area contributed by atoms with Crippen LogP contribution in [-0.4, -0.2) is 58.9 Å². The fraction of sp³-hybridized carbons (Fsp3) is 0.368. The molecule has 0 radical (unpaired) electrons. The summed E-state index contributed by atoms with van der Waals surface area (Å²) >= 11 is 0. The molecule has 27 heavy (non-hydrogen) atoms. The first kappa shape index (κ1) is 19.4. The molecule has 0 bridgehead atoms. The van der Waals surface area contributed by atoms with E-state index in [1.807, 2.05) is 12.1 Å². The van der Waals surface area contributed by atoms with Gasteiger partial charge in [0.05, 0.1) is 0 Å². The number of halogens is 1. The van der Waals surface area contributed by atoms with Gasteiger partial charge in [-0.1, -0.05) is 0 Å². The van der Waals surface area contributed by atoms with E-state index in [1.54, 1.807) is 12.1 Å². The standard InChI is InChI=1S/C19H24FN3O3S/c1-22-10-12-23(13-11-22)18-6-4-17(5-7-18)21-27(24,25)15-14-26-19-8-2-16(20)3-9-19/h2-9,21H,10-15H2,1H3. The number of hydrogen-bond acceptors (Lipinski definition) is 5. The summed E-state index contributed by atoms with van der Waals surface area (Å²) in [5, 5.41) is 0. The van der Waals surface area contributed by atoms with Crippen LogP contribution in [0.1, 0.15) is 0 Å². The van der Waals surface area contributed by atoms with E-state index >= 15 is 0 Å². The number of ether oxygens (including phenoxy) is 1. The highest BCUT2D eigenvalue weighted by Gasteiger charge is 2.15. The zero-order valence-corrected chi connectivity index (χ0v) is 16.1. The highest BCUT2D eigenvalue weighted by atomic mass is 32.2. The summed E-state index contributed by atoms with van der Waals surface area (Å²) in [5.74, 6) is -0.121. The Bertz CT molecular complexity index is 834. The summed E-state index contributed by atoms with van der Waals surface area (Å²) in [6.07, 6.45) is 0. The van der Waals surface area contributed by atoms with E-state index in [0.29, 0.717) is 11.4 Å². The molecule has 8 heteroatoms. The lowest BCUT2D eigenvalue weighted by Crippen LogP contribution is -2.44. The van der Waals surface area contributed by atoms with E-state index in [4.69, 9.17) is 4.74 Å². The summed E-state index contributed by atoms with van der Waals surface area (Å²) in [4.78, 5) is 4.57. The van der Waals surface area contributed by atoms with Crippen molar-refractivity contribution in [1.29, 1.82) is 0 Å². The van der Waals surface area contributed by atoms with E-state index in [2.05, 4.69) is 21.6 Å². The quantitative estimate of drug-likeness (QED) is 0.783. The Morgan fingerprint density at radius 3 is 2.26 bits per heavy atom. The maximum absolute atomic E-state index is 12.8. The molecule has 0 saturated carbocycles. The molecule has 0 unspecified atom stereocenters. The van der Waals surface area contributed by atoms with Crippen LogP contribution < -0.4 is 14.4 Å². The van der Waals surface area contributed by atoms with Gasteiger partial charge in [0.25, 0.3) is 0 Å². The van der Waals surface area contributed by atoms with Gasteiger partial charge in [0.1, 0.15) is 23.9 Å². The third-order valence-electron chi connectivity index (χ3n) is 4.44. The van der Waals surface area contributed by atoms with Gasteiger partial charge in [0, 0.05) is 37.6 Å². The summed E-state index contributed by atoms with van der Waals surface area (Å²) in [6, 6.07) is 12.9. The Kier molecular flexibility index (Phi) is 6.18. The van der Waals surface area contributed by atoms with Gasteiger partial charge in [0.15, 0.2) is 0 Å². The van der Waals surface area contributed by atoms with E-state index in [9.17, 15) is 12.8 Å². The SMILES string of the molecule is CN1CCN(c2ccc(NS(=O)(=O)CCOc3ccc(F)cc3)cc2)CC1. The Morgan fingerprint density at radius 1 is 1.00 bits per heavy atom. The van der Waals surface area contributed by atoms with Crippen LogP contribution in [0.2, 0.25) is 0 Å². The molecular formula is C19H24FN3O3S. The largest absolute Gasteiger partial charge is 0.492 e. The van der Waals surface area contributed by atoms with Crippen LogP contribution in [0, 0.1) is 5.82 Å². The number of anilines is 2. The van der Waals surface area contributed by atoms with E-state index < -0.39 is 10.0 Å². The van der Waals surface area contributed by atoms with Crippen molar-refractivity contribution in [3.63, 3.8) is 0 Å². The van der Waals surface area contributed by atoms with Crippen molar-refractivity contribution in [2.24, 2.45) is 0 Å². The van der Waals surface area contributed by atoms with Crippen molar-refractivity contribution >= 4 is 21.4 Å². The molecule has 1 aliphatic heterocycles. The van der Waals surface area contributed by atoms with Crippen molar-refractivity contribution in [3.05, 3.63) is 54.3 Å². The number of rotatable bonds is 7. The highest BCUT2D eigenvalue weighted by Crippen LogP contribution is 2.20. The van der Waals surface area contributed by atoms with Crippen LogP contribution in [0.3, 0.4) is 0 Å². The number of hydrogen-bond donors (Lipinski definition) is 1. The van der Waals surface area contributed by atoms with Gasteiger partial charge in [-0.05, 0) is 55.6 Å². The Morgan fingerprint density at radius 2 is 1.63 bits per heavy atom. The maximum Gasteiger partial charge on any atom is 0.236 e. The number of nitrogens with one attached hydrogen (secondary N) is 1. The molecule has 1 fully saturated rings. The first-order valence-electron chi connectivity index (χ1n) is 8.84. The van der Waals surface area contributed by atoms with Crippen LogP contribution >= 0.6 is 0 Å². The van der Waals surface area contributed by atoms with Gasteiger partial charge < -0.3 is 14.5 Å². The van der Waals surface area contributed by atoms with Crippen molar-refractivity contribution in [3.8, 4) is 5.75 Å². The zero-order valence-electron chi connectivity index (χ0n) is 15.3. The molecule has 3 rings (SSSR count). The molecule has 146 valence electrons.